The van der Waals surface area contributed by atoms with Gasteiger partial charge in [0.25, 0.3) is 0 Å². The van der Waals surface area contributed by atoms with Crippen LogP contribution in [0.15, 0.2) is 18.2 Å². The third kappa shape index (κ3) is 5.62. The lowest BCUT2D eigenvalue weighted by atomic mass is 10.3. The molecule has 0 aromatic heterocycles. The molecule has 20 heavy (non-hydrogen) atoms. The highest BCUT2D eigenvalue weighted by Crippen LogP contribution is 2.17. The number of benzene rings is 1. The van der Waals surface area contributed by atoms with Gasteiger partial charge in [-0.25, -0.2) is 17.2 Å². The maximum Gasteiger partial charge on any atom is 0.238 e. The van der Waals surface area contributed by atoms with E-state index in [9.17, 15) is 22.0 Å². The number of hydrogen-bond acceptors (Lipinski definition) is 4. The molecule has 8 heteroatoms. The topological polar surface area (TPSA) is 75.3 Å². The Morgan fingerprint density at radius 2 is 1.85 bits per heavy atom. The van der Waals surface area contributed by atoms with Crippen LogP contribution in [0.4, 0.5) is 14.5 Å². The van der Waals surface area contributed by atoms with Crippen LogP contribution < -0.4 is 10.6 Å². The molecule has 0 spiro atoms. The quantitative estimate of drug-likeness (QED) is 0.820. The maximum absolute atomic E-state index is 13.3. The average Bonchev–Trinajstić information content (AvgIpc) is 2.29. The Labute approximate surface area is 116 Å². The first kappa shape index (κ1) is 16.5. The van der Waals surface area contributed by atoms with Crippen LogP contribution in [-0.2, 0) is 14.6 Å². The van der Waals surface area contributed by atoms with E-state index in [2.05, 4.69) is 10.6 Å². The maximum atomic E-state index is 13.3. The Bertz CT molecular complexity index is 570. The third-order valence-electron chi connectivity index (χ3n) is 2.39. The van der Waals surface area contributed by atoms with Crippen molar-refractivity contribution in [2.24, 2.45) is 0 Å². The van der Waals surface area contributed by atoms with Crippen LogP contribution in [0.5, 0.6) is 0 Å². The molecular formula is C12H16F2N2O3S. The SMILES string of the molecule is CC(CS(C)(=O)=O)NCC(=O)Nc1c(F)cccc1F. The van der Waals surface area contributed by atoms with E-state index in [-0.39, 0.29) is 12.3 Å². The molecule has 0 heterocycles. The van der Waals surface area contributed by atoms with Gasteiger partial charge < -0.3 is 10.6 Å². The standard InChI is InChI=1S/C12H16F2N2O3S/c1-8(7-20(2,18)19)15-6-11(17)16-12-9(13)4-3-5-10(12)14/h3-5,8,15H,6-7H2,1-2H3,(H,16,17). The van der Waals surface area contributed by atoms with Gasteiger partial charge in [-0.1, -0.05) is 6.07 Å². The van der Waals surface area contributed by atoms with Gasteiger partial charge in [-0.05, 0) is 19.1 Å². The fraction of sp³-hybridized carbons (Fsp3) is 0.417. The van der Waals surface area contributed by atoms with Crippen molar-refractivity contribution in [2.75, 3.05) is 23.9 Å². The van der Waals surface area contributed by atoms with Crippen molar-refractivity contribution < 1.29 is 22.0 Å². The molecule has 1 aromatic rings. The average molecular weight is 306 g/mol. The first-order valence-corrected chi connectivity index (χ1v) is 7.90. The molecule has 0 aliphatic heterocycles. The van der Waals surface area contributed by atoms with Crippen molar-refractivity contribution in [2.45, 2.75) is 13.0 Å². The predicted octanol–water partition coefficient (Wildman–Crippen LogP) is 0.926. The molecule has 0 aliphatic carbocycles. The second-order valence-corrected chi connectivity index (χ2v) is 6.70. The lowest BCUT2D eigenvalue weighted by molar-refractivity contribution is -0.115. The minimum atomic E-state index is -3.16. The zero-order valence-electron chi connectivity index (χ0n) is 11.1. The van der Waals surface area contributed by atoms with Crippen LogP contribution in [0.1, 0.15) is 6.92 Å². The van der Waals surface area contributed by atoms with Crippen molar-refractivity contribution in [1.29, 1.82) is 0 Å². The Kier molecular flexibility index (Phi) is 5.58. The van der Waals surface area contributed by atoms with Crippen molar-refractivity contribution >= 4 is 21.4 Å². The van der Waals surface area contributed by atoms with E-state index >= 15 is 0 Å². The van der Waals surface area contributed by atoms with Gasteiger partial charge in [0.05, 0.1) is 12.3 Å². The van der Waals surface area contributed by atoms with E-state index in [0.29, 0.717) is 0 Å². The Morgan fingerprint density at radius 3 is 2.35 bits per heavy atom. The van der Waals surface area contributed by atoms with Gasteiger partial charge >= 0.3 is 0 Å². The van der Waals surface area contributed by atoms with Crippen LogP contribution in [0.2, 0.25) is 0 Å². The molecule has 112 valence electrons. The second-order valence-electron chi connectivity index (χ2n) is 4.52. The van der Waals surface area contributed by atoms with Crippen LogP contribution >= 0.6 is 0 Å². The number of nitrogens with one attached hydrogen (secondary N) is 2. The fourth-order valence-electron chi connectivity index (χ4n) is 1.58. The van der Waals surface area contributed by atoms with Crippen molar-refractivity contribution in [1.82, 2.24) is 5.32 Å². The Balaban J connectivity index is 2.53. The minimum absolute atomic E-state index is 0.131. The van der Waals surface area contributed by atoms with Gasteiger partial charge in [-0.3, -0.25) is 4.79 Å². The Hall–Kier alpha value is -1.54. The van der Waals surface area contributed by atoms with Crippen molar-refractivity contribution in [3.8, 4) is 0 Å². The summed E-state index contributed by atoms with van der Waals surface area (Å²) in [6.45, 7) is 1.35. The van der Waals surface area contributed by atoms with Crippen LogP contribution in [-0.4, -0.2) is 38.9 Å². The number of halogens is 2. The van der Waals surface area contributed by atoms with E-state index < -0.39 is 39.1 Å². The number of para-hydroxylation sites is 1. The van der Waals surface area contributed by atoms with Gasteiger partial charge in [0, 0.05) is 12.3 Å². The smallest absolute Gasteiger partial charge is 0.238 e. The molecule has 1 aromatic carbocycles. The first-order valence-electron chi connectivity index (χ1n) is 5.84. The first-order chi connectivity index (χ1) is 9.19. The predicted molar refractivity (Wildman–Crippen MR) is 72.2 cm³/mol. The number of carbonyl (C=O) groups is 1. The molecule has 1 rings (SSSR count). The number of carbonyl (C=O) groups excluding carboxylic acids is 1. The van der Waals surface area contributed by atoms with Gasteiger partial charge in [-0.15, -0.1) is 0 Å². The lowest BCUT2D eigenvalue weighted by Gasteiger charge is -2.13. The fourth-order valence-corrected chi connectivity index (χ4v) is 2.61. The molecule has 0 aliphatic rings. The van der Waals surface area contributed by atoms with Gasteiger partial charge in [0.15, 0.2) is 0 Å². The normalized spacial score (nSPS) is 13.0. The highest BCUT2D eigenvalue weighted by molar-refractivity contribution is 7.90. The number of anilines is 1. The molecular weight excluding hydrogens is 290 g/mol. The van der Waals surface area contributed by atoms with Gasteiger partial charge in [-0.2, -0.15) is 0 Å². The summed E-state index contributed by atoms with van der Waals surface area (Å²) >= 11 is 0. The molecule has 0 fully saturated rings. The highest BCUT2D eigenvalue weighted by Gasteiger charge is 2.14. The Morgan fingerprint density at radius 1 is 1.30 bits per heavy atom. The molecule has 1 unspecified atom stereocenters. The monoisotopic (exact) mass is 306 g/mol. The molecule has 1 amide bonds. The van der Waals surface area contributed by atoms with Crippen LogP contribution in [0, 0.1) is 11.6 Å². The largest absolute Gasteiger partial charge is 0.320 e. The minimum Gasteiger partial charge on any atom is -0.320 e. The highest BCUT2D eigenvalue weighted by atomic mass is 32.2. The molecule has 0 bridgehead atoms. The lowest BCUT2D eigenvalue weighted by Crippen LogP contribution is -2.38. The van der Waals surface area contributed by atoms with E-state index in [1.807, 2.05) is 0 Å². The summed E-state index contributed by atoms with van der Waals surface area (Å²) in [6.07, 6.45) is 1.08. The van der Waals surface area contributed by atoms with E-state index in [4.69, 9.17) is 0 Å². The second kappa shape index (κ2) is 6.76. The molecule has 0 saturated carbocycles. The third-order valence-corrected chi connectivity index (χ3v) is 3.50. The van der Waals surface area contributed by atoms with Crippen LogP contribution in [0.25, 0.3) is 0 Å². The number of sulfone groups is 1. The summed E-state index contributed by atoms with van der Waals surface area (Å²) in [5, 5.41) is 4.76. The summed E-state index contributed by atoms with van der Waals surface area (Å²) in [5.41, 5.74) is -0.518. The zero-order valence-corrected chi connectivity index (χ0v) is 11.9. The number of amides is 1. The van der Waals surface area contributed by atoms with Crippen LogP contribution in [0.3, 0.4) is 0 Å². The summed E-state index contributed by atoms with van der Waals surface area (Å²) in [7, 11) is -3.16. The van der Waals surface area contributed by atoms with E-state index in [0.717, 1.165) is 18.4 Å². The van der Waals surface area contributed by atoms with Crippen molar-refractivity contribution in [3.63, 3.8) is 0 Å². The van der Waals surface area contributed by atoms with Gasteiger partial charge in [0.1, 0.15) is 27.2 Å². The van der Waals surface area contributed by atoms with E-state index in [1.165, 1.54) is 6.07 Å². The molecule has 1 atom stereocenters. The number of hydrogen-bond donors (Lipinski definition) is 2. The summed E-state index contributed by atoms with van der Waals surface area (Å²) < 4.78 is 48.6. The zero-order chi connectivity index (χ0) is 15.3. The molecule has 2 N–H and O–H groups in total. The van der Waals surface area contributed by atoms with Gasteiger partial charge in [0.2, 0.25) is 5.91 Å². The molecule has 5 nitrogen and oxygen atoms in total. The number of rotatable bonds is 6. The molecule has 0 saturated heterocycles. The molecule has 0 radical (unpaired) electrons. The summed E-state index contributed by atoms with van der Waals surface area (Å²) in [4.78, 5) is 11.5. The summed E-state index contributed by atoms with van der Waals surface area (Å²) in [6, 6.07) is 2.80. The van der Waals surface area contributed by atoms with Crippen molar-refractivity contribution in [3.05, 3.63) is 29.8 Å². The summed E-state index contributed by atoms with van der Waals surface area (Å²) in [5.74, 6) is -2.53. The van der Waals surface area contributed by atoms with E-state index in [1.54, 1.807) is 6.92 Å².